The van der Waals surface area contributed by atoms with Crippen molar-refractivity contribution in [2.45, 2.75) is 57.4 Å². The van der Waals surface area contributed by atoms with Gasteiger partial charge >= 0.3 is 6.18 Å². The number of rotatable bonds is 6. The number of aryl methyl sites for hydroxylation is 1. The number of fused-ring (bicyclic) bond motifs is 1. The normalized spacial score (nSPS) is 23.2. The molecule has 3 aliphatic heterocycles. The number of benzene rings is 2. The highest BCUT2D eigenvalue weighted by atomic mass is 19.4. The van der Waals surface area contributed by atoms with Crippen LogP contribution in [0.2, 0.25) is 0 Å². The highest BCUT2D eigenvalue weighted by Crippen LogP contribution is 2.61. The molecule has 1 aromatic heterocycles. The fraction of sp³-hybridized carbons (Fsp3) is 0.545. The van der Waals surface area contributed by atoms with Crippen LogP contribution in [0, 0.1) is 11.3 Å². The maximum Gasteiger partial charge on any atom is 0.416 e. The Balaban J connectivity index is 1.22. The number of likely N-dealkylation sites (N-methyl/N-ethyl adjacent to an activating group) is 1. The first-order chi connectivity index (χ1) is 20.9. The number of halogens is 3. The van der Waals surface area contributed by atoms with E-state index < -0.39 is 23.1 Å². The first kappa shape index (κ1) is 29.4. The standard InChI is InChI=1S/C33H39F3N6O2/c1-21(2)28-15-39(3)8-9-41(28)13-22-10-25-26(27(11-22)33(34,35)36)14-42(29(25)43)24-7-5-6-23(12-24)32(30-38-37-20-40(30)4)16-31(17-32)18-44-19-31/h5-7,10-12,20-21,28H,8-9,13-19H2,1-4H3/t28-/m1/s1. The number of hydrogen-bond donors (Lipinski definition) is 0. The predicted octanol–water partition coefficient (Wildman–Crippen LogP) is 4.86. The van der Waals surface area contributed by atoms with Gasteiger partial charge in [0.25, 0.3) is 5.91 Å². The summed E-state index contributed by atoms with van der Waals surface area (Å²) in [5.74, 6) is 0.801. The predicted molar refractivity (Wildman–Crippen MR) is 159 cm³/mol. The first-order valence-electron chi connectivity index (χ1n) is 15.4. The largest absolute Gasteiger partial charge is 0.416 e. The zero-order valence-electron chi connectivity index (χ0n) is 25.7. The number of carbonyl (C=O) groups excluding carboxylic acids is 1. The molecule has 1 amide bonds. The van der Waals surface area contributed by atoms with Crippen molar-refractivity contribution in [1.82, 2.24) is 24.6 Å². The first-order valence-corrected chi connectivity index (χ1v) is 15.4. The second-order valence-corrected chi connectivity index (χ2v) is 13.8. The third-order valence-electron chi connectivity index (χ3n) is 10.3. The molecule has 1 spiro atoms. The van der Waals surface area contributed by atoms with E-state index in [1.165, 1.54) is 11.0 Å². The van der Waals surface area contributed by atoms with Gasteiger partial charge in [-0.3, -0.25) is 9.69 Å². The summed E-state index contributed by atoms with van der Waals surface area (Å²) < 4.78 is 51.0. The highest BCUT2D eigenvalue weighted by Gasteiger charge is 2.61. The number of nitrogens with zero attached hydrogens (tertiary/aromatic N) is 6. The molecule has 8 nitrogen and oxygen atoms in total. The molecule has 0 N–H and O–H groups in total. The molecular weight excluding hydrogens is 569 g/mol. The molecule has 234 valence electrons. The monoisotopic (exact) mass is 608 g/mol. The second-order valence-electron chi connectivity index (χ2n) is 13.8. The van der Waals surface area contributed by atoms with Crippen LogP contribution >= 0.6 is 0 Å². The molecule has 4 aliphatic rings. The van der Waals surface area contributed by atoms with Crippen LogP contribution in [0.15, 0.2) is 42.7 Å². The van der Waals surface area contributed by atoms with E-state index in [0.29, 0.717) is 36.9 Å². The Kier molecular flexibility index (Phi) is 6.95. The molecule has 44 heavy (non-hydrogen) atoms. The topological polar surface area (TPSA) is 66.7 Å². The lowest BCUT2D eigenvalue weighted by Gasteiger charge is -2.59. The highest BCUT2D eigenvalue weighted by molar-refractivity contribution is 6.10. The number of carbonyl (C=O) groups is 1. The molecule has 2 aromatic carbocycles. The Morgan fingerprint density at radius 2 is 1.86 bits per heavy atom. The van der Waals surface area contributed by atoms with Crippen molar-refractivity contribution in [1.29, 1.82) is 0 Å². The summed E-state index contributed by atoms with van der Waals surface area (Å²) in [6, 6.07) is 10.9. The van der Waals surface area contributed by atoms with Crippen molar-refractivity contribution in [2.24, 2.45) is 18.4 Å². The fourth-order valence-electron chi connectivity index (χ4n) is 8.08. The van der Waals surface area contributed by atoms with Gasteiger partial charge in [0, 0.05) is 55.9 Å². The molecule has 7 rings (SSSR count). The fourth-order valence-corrected chi connectivity index (χ4v) is 8.08. The van der Waals surface area contributed by atoms with E-state index in [9.17, 15) is 18.0 Å². The summed E-state index contributed by atoms with van der Waals surface area (Å²) in [4.78, 5) is 19.9. The molecule has 4 heterocycles. The number of hydrogen-bond acceptors (Lipinski definition) is 6. The number of ether oxygens (including phenoxy) is 1. The van der Waals surface area contributed by atoms with Crippen molar-refractivity contribution in [3.63, 3.8) is 0 Å². The van der Waals surface area contributed by atoms with E-state index in [1.807, 2.05) is 35.9 Å². The van der Waals surface area contributed by atoms with Gasteiger partial charge in [-0.15, -0.1) is 10.2 Å². The molecule has 0 radical (unpaired) electrons. The van der Waals surface area contributed by atoms with Gasteiger partial charge in [-0.05, 0) is 66.8 Å². The minimum atomic E-state index is -4.57. The summed E-state index contributed by atoms with van der Waals surface area (Å²) in [5.41, 5.74) is 1.29. The van der Waals surface area contributed by atoms with Gasteiger partial charge in [-0.2, -0.15) is 13.2 Å². The summed E-state index contributed by atoms with van der Waals surface area (Å²) in [6.07, 6.45) is -1.20. The van der Waals surface area contributed by atoms with Gasteiger partial charge in [0.2, 0.25) is 0 Å². The van der Waals surface area contributed by atoms with Crippen LogP contribution in [0.25, 0.3) is 0 Å². The maximum atomic E-state index is 14.5. The molecule has 1 saturated carbocycles. The molecule has 3 aromatic rings. The van der Waals surface area contributed by atoms with Gasteiger partial charge in [-0.25, -0.2) is 0 Å². The van der Waals surface area contributed by atoms with E-state index in [1.54, 1.807) is 12.4 Å². The van der Waals surface area contributed by atoms with Crippen molar-refractivity contribution >= 4 is 11.6 Å². The third-order valence-corrected chi connectivity index (χ3v) is 10.3. The molecular formula is C33H39F3N6O2. The van der Waals surface area contributed by atoms with Crippen LogP contribution in [0.5, 0.6) is 0 Å². The minimum absolute atomic E-state index is 0.0488. The lowest BCUT2D eigenvalue weighted by molar-refractivity contribution is -0.182. The average Bonchev–Trinajstić information content (AvgIpc) is 3.51. The molecule has 1 aliphatic carbocycles. The Bertz CT molecular complexity index is 1590. The van der Waals surface area contributed by atoms with Gasteiger partial charge in [-0.1, -0.05) is 26.0 Å². The summed E-state index contributed by atoms with van der Waals surface area (Å²) in [6.45, 7) is 8.45. The number of anilines is 1. The minimum Gasteiger partial charge on any atom is -0.380 e. The zero-order chi connectivity index (χ0) is 31.0. The quantitative estimate of drug-likeness (QED) is 0.398. The molecule has 0 bridgehead atoms. The average molecular weight is 609 g/mol. The van der Waals surface area contributed by atoms with Crippen LogP contribution in [-0.4, -0.2) is 76.4 Å². The lowest BCUT2D eigenvalue weighted by atomic mass is 9.49. The van der Waals surface area contributed by atoms with Gasteiger partial charge in [0.05, 0.1) is 30.7 Å². The zero-order valence-corrected chi connectivity index (χ0v) is 25.7. The molecule has 2 saturated heterocycles. The Morgan fingerprint density at radius 3 is 2.50 bits per heavy atom. The molecule has 1 atom stereocenters. The van der Waals surface area contributed by atoms with E-state index in [-0.39, 0.29) is 29.1 Å². The van der Waals surface area contributed by atoms with E-state index >= 15 is 0 Å². The Hall–Kier alpha value is -3.28. The molecule has 0 unspecified atom stereocenters. The SMILES string of the molecule is CC(C)[C@H]1CN(C)CCN1Cc1cc2c(c(C(F)(F)F)c1)CN(c1cccc(C3(c4nncn4C)CC4(COC4)C3)c1)C2=O. The van der Waals surface area contributed by atoms with E-state index in [2.05, 4.69) is 40.9 Å². The molecule has 11 heteroatoms. The van der Waals surface area contributed by atoms with E-state index in [4.69, 9.17) is 4.74 Å². The van der Waals surface area contributed by atoms with Crippen molar-refractivity contribution in [3.8, 4) is 0 Å². The van der Waals surface area contributed by atoms with Gasteiger partial charge in [0.15, 0.2) is 0 Å². The number of amides is 1. The maximum absolute atomic E-state index is 14.5. The lowest BCUT2D eigenvalue weighted by Crippen LogP contribution is -2.60. The van der Waals surface area contributed by atoms with Gasteiger partial charge in [0.1, 0.15) is 12.2 Å². The van der Waals surface area contributed by atoms with Crippen LogP contribution in [0.4, 0.5) is 18.9 Å². The molecule has 3 fully saturated rings. The van der Waals surface area contributed by atoms with Crippen LogP contribution in [-0.2, 0) is 36.5 Å². The van der Waals surface area contributed by atoms with Crippen molar-refractivity contribution in [3.05, 3.63) is 76.4 Å². The summed E-state index contributed by atoms with van der Waals surface area (Å²) in [7, 11) is 4.00. The smallest absolute Gasteiger partial charge is 0.380 e. The van der Waals surface area contributed by atoms with Gasteiger partial charge < -0.3 is 19.1 Å². The number of piperazine rings is 1. The van der Waals surface area contributed by atoms with E-state index in [0.717, 1.165) is 43.9 Å². The number of alkyl halides is 3. The summed E-state index contributed by atoms with van der Waals surface area (Å²) in [5, 5.41) is 8.59. The third kappa shape index (κ3) is 4.75. The Labute approximate surface area is 255 Å². The number of aromatic nitrogens is 3. The van der Waals surface area contributed by atoms with Crippen molar-refractivity contribution in [2.75, 3.05) is 44.8 Å². The van der Waals surface area contributed by atoms with Crippen molar-refractivity contribution < 1.29 is 22.7 Å². The van der Waals surface area contributed by atoms with Crippen LogP contribution < -0.4 is 4.90 Å². The van der Waals surface area contributed by atoms with Crippen LogP contribution in [0.3, 0.4) is 0 Å². The Morgan fingerprint density at radius 1 is 1.09 bits per heavy atom. The van der Waals surface area contributed by atoms with Crippen LogP contribution in [0.1, 0.15) is 65.1 Å². The second kappa shape index (κ2) is 10.4. The summed E-state index contributed by atoms with van der Waals surface area (Å²) >= 11 is 0.